The first kappa shape index (κ1) is 20.8. The number of halogens is 2. The van der Waals surface area contributed by atoms with Gasteiger partial charge in [0.2, 0.25) is 0 Å². The molecule has 0 fully saturated rings. The van der Waals surface area contributed by atoms with E-state index in [9.17, 15) is 5.11 Å². The Morgan fingerprint density at radius 3 is 1.96 bits per heavy atom. The molecule has 0 atom stereocenters. The van der Waals surface area contributed by atoms with Crippen LogP contribution in [0.5, 0.6) is 5.75 Å². The summed E-state index contributed by atoms with van der Waals surface area (Å²) in [6.45, 7) is 11.1. The number of para-hydroxylation sites is 1. The molecule has 0 heterocycles. The van der Waals surface area contributed by atoms with Crippen LogP contribution in [-0.4, -0.2) is 19.2 Å². The Balaban J connectivity index is 0.000000816. The number of allylic oxidation sites excluding steroid dienone is 4. The summed E-state index contributed by atoms with van der Waals surface area (Å²) in [5.74, 6) is 0.339. The summed E-state index contributed by atoms with van der Waals surface area (Å²) < 4.78 is 0. The predicted octanol–water partition coefficient (Wildman–Crippen LogP) is 5.98. The SMILES string of the molecule is CC1=C(C)C(C)(C)C(c2cccc(O)c2N(C)C)=C1C.[Cl][Zr][Cl]. The van der Waals surface area contributed by atoms with Crippen LogP contribution in [-0.2, 0) is 20.8 Å². The first-order valence-corrected chi connectivity index (χ1v) is 13.8. The second kappa shape index (κ2) is 8.23. The summed E-state index contributed by atoms with van der Waals surface area (Å²) in [6.07, 6.45) is 0. The summed E-state index contributed by atoms with van der Waals surface area (Å²) in [5, 5.41) is 10.2. The molecule has 126 valence electrons. The molecule has 1 aliphatic carbocycles. The zero-order valence-electron chi connectivity index (χ0n) is 14.9. The fraction of sp³-hybridized carbons (Fsp3) is 0.444. The minimum atomic E-state index is -0.826. The third-order valence-corrected chi connectivity index (χ3v) is 4.79. The number of phenols is 1. The van der Waals surface area contributed by atoms with Crippen molar-refractivity contribution in [3.63, 3.8) is 0 Å². The van der Waals surface area contributed by atoms with Gasteiger partial charge in [0.05, 0.1) is 5.69 Å². The predicted molar refractivity (Wildman–Crippen MR) is 98.9 cm³/mol. The average Bonchev–Trinajstić information content (AvgIpc) is 2.59. The van der Waals surface area contributed by atoms with Crippen LogP contribution in [0.25, 0.3) is 5.57 Å². The summed E-state index contributed by atoms with van der Waals surface area (Å²) in [7, 11) is 13.8. The molecule has 1 aromatic carbocycles. The van der Waals surface area contributed by atoms with Crippen LogP contribution in [0.1, 0.15) is 40.2 Å². The van der Waals surface area contributed by atoms with E-state index in [1.165, 1.54) is 22.3 Å². The van der Waals surface area contributed by atoms with E-state index in [1.54, 1.807) is 6.07 Å². The molecule has 2 rings (SSSR count). The Hall–Kier alpha value is -0.237. The monoisotopic (exact) mass is 431 g/mol. The van der Waals surface area contributed by atoms with Crippen molar-refractivity contribution < 1.29 is 26.0 Å². The molecule has 0 saturated carbocycles. The number of aromatic hydroxyl groups is 1. The number of hydrogen-bond acceptors (Lipinski definition) is 2. The van der Waals surface area contributed by atoms with E-state index in [-0.39, 0.29) is 5.41 Å². The van der Waals surface area contributed by atoms with Gasteiger partial charge in [0.1, 0.15) is 5.75 Å². The Kier molecular flexibility index (Phi) is 7.45. The molecule has 0 saturated heterocycles. The molecular weight excluding hydrogens is 408 g/mol. The van der Waals surface area contributed by atoms with Gasteiger partial charge in [0.15, 0.2) is 0 Å². The van der Waals surface area contributed by atoms with Crippen molar-refractivity contribution in [2.45, 2.75) is 34.6 Å². The maximum absolute atomic E-state index is 10.2. The molecule has 2 nitrogen and oxygen atoms in total. The van der Waals surface area contributed by atoms with Crippen molar-refractivity contribution >= 4 is 28.3 Å². The second-order valence-electron chi connectivity index (χ2n) is 6.51. The number of anilines is 1. The first-order valence-electron chi connectivity index (χ1n) is 7.46. The normalized spacial score (nSPS) is 16.2. The van der Waals surface area contributed by atoms with Crippen LogP contribution < -0.4 is 4.90 Å². The zero-order valence-corrected chi connectivity index (χ0v) is 18.9. The number of phenolic OH excluding ortho intramolecular Hbond substituents is 1. The molecule has 1 aliphatic rings. The molecule has 0 spiro atoms. The Bertz CT molecular complexity index is 648. The molecule has 0 radical (unpaired) electrons. The zero-order chi connectivity index (χ0) is 17.9. The van der Waals surface area contributed by atoms with Gasteiger partial charge in [-0.2, -0.15) is 0 Å². The van der Waals surface area contributed by atoms with E-state index >= 15 is 0 Å². The van der Waals surface area contributed by atoms with Gasteiger partial charge in [-0.15, -0.1) is 0 Å². The van der Waals surface area contributed by atoms with Gasteiger partial charge in [-0.3, -0.25) is 0 Å². The Morgan fingerprint density at radius 1 is 1.04 bits per heavy atom. The van der Waals surface area contributed by atoms with Crippen molar-refractivity contribution in [1.82, 2.24) is 0 Å². The summed E-state index contributed by atoms with van der Waals surface area (Å²) in [4.78, 5) is 1.99. The van der Waals surface area contributed by atoms with Crippen LogP contribution in [0.2, 0.25) is 0 Å². The molecule has 1 N–H and O–H groups in total. The fourth-order valence-electron chi connectivity index (χ4n) is 3.34. The van der Waals surface area contributed by atoms with E-state index < -0.39 is 20.8 Å². The van der Waals surface area contributed by atoms with E-state index in [1.807, 2.05) is 25.1 Å². The van der Waals surface area contributed by atoms with Crippen LogP contribution in [0.4, 0.5) is 5.69 Å². The van der Waals surface area contributed by atoms with Crippen molar-refractivity contribution in [2.24, 2.45) is 5.41 Å². The molecule has 23 heavy (non-hydrogen) atoms. The number of rotatable bonds is 2. The van der Waals surface area contributed by atoms with Crippen LogP contribution >= 0.6 is 17.0 Å². The van der Waals surface area contributed by atoms with Crippen molar-refractivity contribution in [2.75, 3.05) is 19.0 Å². The van der Waals surface area contributed by atoms with Gasteiger partial charge in [-0.25, -0.2) is 0 Å². The Morgan fingerprint density at radius 2 is 1.57 bits per heavy atom. The van der Waals surface area contributed by atoms with Crippen molar-refractivity contribution in [3.05, 3.63) is 40.5 Å². The average molecular weight is 434 g/mol. The molecule has 0 bridgehead atoms. The molecule has 1 aromatic rings. The van der Waals surface area contributed by atoms with Gasteiger partial charge >= 0.3 is 37.9 Å². The molecule has 5 heteroatoms. The summed E-state index contributed by atoms with van der Waals surface area (Å²) in [6, 6.07) is 5.79. The maximum atomic E-state index is 10.2. The topological polar surface area (TPSA) is 23.5 Å². The van der Waals surface area contributed by atoms with E-state index in [2.05, 4.69) is 40.7 Å². The van der Waals surface area contributed by atoms with Gasteiger partial charge in [-0.05, 0) is 43.6 Å². The number of nitrogens with zero attached hydrogens (tertiary/aromatic N) is 1. The summed E-state index contributed by atoms with van der Waals surface area (Å²) in [5.41, 5.74) is 7.49. The molecule has 0 unspecified atom stereocenters. The fourth-order valence-corrected chi connectivity index (χ4v) is 3.34. The van der Waals surface area contributed by atoms with Gasteiger partial charge in [-0.1, -0.05) is 31.6 Å². The van der Waals surface area contributed by atoms with Crippen LogP contribution in [0, 0.1) is 5.41 Å². The number of hydrogen-bond donors (Lipinski definition) is 1. The summed E-state index contributed by atoms with van der Waals surface area (Å²) >= 11 is -0.826. The van der Waals surface area contributed by atoms with Crippen molar-refractivity contribution in [1.29, 1.82) is 0 Å². The third-order valence-electron chi connectivity index (χ3n) is 4.79. The number of benzene rings is 1. The van der Waals surface area contributed by atoms with Crippen molar-refractivity contribution in [3.8, 4) is 5.75 Å². The molecule has 0 aromatic heterocycles. The minimum absolute atomic E-state index is 0.00667. The van der Waals surface area contributed by atoms with E-state index in [0.717, 1.165) is 11.3 Å². The second-order valence-corrected chi connectivity index (χ2v) is 10.2. The third kappa shape index (κ3) is 4.06. The quantitative estimate of drug-likeness (QED) is 0.620. The van der Waals surface area contributed by atoms with Gasteiger partial charge in [0.25, 0.3) is 0 Å². The van der Waals surface area contributed by atoms with Crippen LogP contribution in [0.3, 0.4) is 0 Å². The van der Waals surface area contributed by atoms with Crippen LogP contribution in [0.15, 0.2) is 34.9 Å². The van der Waals surface area contributed by atoms with E-state index in [4.69, 9.17) is 17.0 Å². The van der Waals surface area contributed by atoms with Gasteiger partial charge < -0.3 is 10.0 Å². The Labute approximate surface area is 158 Å². The molecule has 0 amide bonds. The van der Waals surface area contributed by atoms with Gasteiger partial charge in [0, 0.05) is 25.1 Å². The molecular formula is C18H25Cl2NOZr. The first-order chi connectivity index (χ1) is 10.6. The van der Waals surface area contributed by atoms with E-state index in [0.29, 0.717) is 5.75 Å². The molecule has 0 aliphatic heterocycles. The standard InChI is InChI=1S/C18H25NO.2ClH.Zr/c1-11-12(2)16(18(4,5)13(11)3)14-9-8-10-15(20)17(14)19(6)7;;;/h8-10,20H,1-7H3;2*1H;/q;;;+2/p-2.